The van der Waals surface area contributed by atoms with Gasteiger partial charge in [0.2, 0.25) is 0 Å². The minimum absolute atomic E-state index is 0.773. The van der Waals surface area contributed by atoms with Crippen molar-refractivity contribution in [3.05, 3.63) is 53.3 Å². The van der Waals surface area contributed by atoms with Crippen LogP contribution in [0.2, 0.25) is 0 Å². The number of nitrogens with two attached hydrogens (primary N) is 1. The second kappa shape index (κ2) is 3.13. The van der Waals surface area contributed by atoms with Crippen LogP contribution in [0.15, 0.2) is 36.5 Å². The van der Waals surface area contributed by atoms with Gasteiger partial charge in [-0.2, -0.15) is 0 Å². The number of pyridine rings is 1. The van der Waals surface area contributed by atoms with Crippen molar-refractivity contribution in [1.29, 1.82) is 0 Å². The summed E-state index contributed by atoms with van der Waals surface area (Å²) in [6.45, 7) is 2.12. The predicted octanol–water partition coefficient (Wildman–Crippen LogP) is 2.80. The van der Waals surface area contributed by atoms with Crippen LogP contribution in [0.4, 0.5) is 5.69 Å². The zero-order valence-corrected chi connectivity index (χ0v) is 10.1. The van der Waals surface area contributed by atoms with E-state index in [1.54, 1.807) is 0 Å². The van der Waals surface area contributed by atoms with Gasteiger partial charge in [-0.3, -0.25) is 0 Å². The minimum atomic E-state index is 0.773. The third-order valence-corrected chi connectivity index (χ3v) is 3.62. The molecule has 1 aliphatic carbocycles. The van der Waals surface area contributed by atoms with E-state index in [0.717, 1.165) is 23.4 Å². The molecule has 18 heavy (non-hydrogen) atoms. The van der Waals surface area contributed by atoms with E-state index in [4.69, 9.17) is 10.7 Å². The van der Waals surface area contributed by atoms with Gasteiger partial charge < -0.3 is 10.1 Å². The van der Waals surface area contributed by atoms with Gasteiger partial charge >= 0.3 is 0 Å². The predicted molar refractivity (Wildman–Crippen MR) is 72.6 cm³/mol. The van der Waals surface area contributed by atoms with Gasteiger partial charge in [0.1, 0.15) is 5.65 Å². The van der Waals surface area contributed by atoms with Crippen molar-refractivity contribution in [1.82, 2.24) is 9.38 Å². The molecule has 0 saturated heterocycles. The Bertz CT molecular complexity index is 784. The van der Waals surface area contributed by atoms with Gasteiger partial charge in [-0.05, 0) is 30.7 Å². The first kappa shape index (κ1) is 9.71. The van der Waals surface area contributed by atoms with Crippen molar-refractivity contribution in [2.75, 3.05) is 5.73 Å². The summed E-state index contributed by atoms with van der Waals surface area (Å²) in [6.07, 6.45) is 2.90. The molecule has 88 valence electrons. The zero-order chi connectivity index (χ0) is 12.3. The molecule has 1 aliphatic rings. The highest BCUT2D eigenvalue weighted by Gasteiger charge is 2.23. The fourth-order valence-corrected chi connectivity index (χ4v) is 2.74. The molecule has 3 heteroatoms. The zero-order valence-electron chi connectivity index (χ0n) is 10.1. The number of nitrogens with zero attached hydrogens (tertiary/aromatic N) is 2. The topological polar surface area (TPSA) is 43.3 Å². The fourth-order valence-electron chi connectivity index (χ4n) is 2.74. The summed E-state index contributed by atoms with van der Waals surface area (Å²) in [6, 6.07) is 10.5. The Morgan fingerprint density at radius 1 is 1.22 bits per heavy atom. The maximum absolute atomic E-state index is 5.86. The summed E-state index contributed by atoms with van der Waals surface area (Å²) in [5, 5.41) is 0. The van der Waals surface area contributed by atoms with Crippen LogP contribution in [0.25, 0.3) is 16.9 Å². The van der Waals surface area contributed by atoms with E-state index in [-0.39, 0.29) is 0 Å². The molecular weight excluding hydrogens is 222 g/mol. The lowest BCUT2D eigenvalue weighted by atomic mass is 10.1. The summed E-state index contributed by atoms with van der Waals surface area (Å²) in [5.41, 5.74) is 13.9. The van der Waals surface area contributed by atoms with Gasteiger partial charge in [0.15, 0.2) is 0 Å². The average molecular weight is 235 g/mol. The Hall–Kier alpha value is -2.29. The molecule has 3 aromatic rings. The molecule has 0 bridgehead atoms. The number of fused-ring (bicyclic) bond motifs is 5. The SMILES string of the molecule is Cc1ccc2c(c1)-c1nc3ccc(N)cn3c1C2. The number of imidazole rings is 1. The number of anilines is 1. The lowest BCUT2D eigenvalue weighted by molar-refractivity contribution is 1.05. The first-order chi connectivity index (χ1) is 8.72. The smallest absolute Gasteiger partial charge is 0.137 e. The summed E-state index contributed by atoms with van der Waals surface area (Å²) in [5.74, 6) is 0. The van der Waals surface area contributed by atoms with Crippen molar-refractivity contribution < 1.29 is 0 Å². The minimum Gasteiger partial charge on any atom is -0.398 e. The van der Waals surface area contributed by atoms with E-state index in [1.165, 1.54) is 22.4 Å². The highest BCUT2D eigenvalue weighted by atomic mass is 15.0. The number of hydrogen-bond donors (Lipinski definition) is 1. The van der Waals surface area contributed by atoms with Gasteiger partial charge in [0.25, 0.3) is 0 Å². The van der Waals surface area contributed by atoms with Crippen molar-refractivity contribution in [2.24, 2.45) is 0 Å². The number of aryl methyl sites for hydroxylation is 1. The maximum Gasteiger partial charge on any atom is 0.137 e. The molecule has 2 aromatic heterocycles. The van der Waals surface area contributed by atoms with Crippen LogP contribution in [-0.2, 0) is 6.42 Å². The van der Waals surface area contributed by atoms with Crippen LogP contribution in [0.1, 0.15) is 16.8 Å². The second-order valence-corrected chi connectivity index (χ2v) is 4.94. The van der Waals surface area contributed by atoms with E-state index in [1.807, 2.05) is 18.3 Å². The van der Waals surface area contributed by atoms with Crippen molar-refractivity contribution in [3.63, 3.8) is 0 Å². The van der Waals surface area contributed by atoms with Crippen LogP contribution in [0.5, 0.6) is 0 Å². The molecule has 0 unspecified atom stereocenters. The van der Waals surface area contributed by atoms with Crippen LogP contribution >= 0.6 is 0 Å². The molecule has 2 heterocycles. The van der Waals surface area contributed by atoms with Gasteiger partial charge in [-0.1, -0.05) is 17.7 Å². The number of benzene rings is 1. The molecule has 2 N–H and O–H groups in total. The van der Waals surface area contributed by atoms with Gasteiger partial charge in [0.05, 0.1) is 11.4 Å². The average Bonchev–Trinajstić information content (AvgIpc) is 2.86. The quantitative estimate of drug-likeness (QED) is 0.509. The van der Waals surface area contributed by atoms with E-state index < -0.39 is 0 Å². The maximum atomic E-state index is 5.86. The first-order valence-electron chi connectivity index (χ1n) is 6.09. The van der Waals surface area contributed by atoms with Crippen molar-refractivity contribution >= 4 is 11.3 Å². The molecule has 0 atom stereocenters. The summed E-state index contributed by atoms with van der Waals surface area (Å²) >= 11 is 0. The van der Waals surface area contributed by atoms with E-state index in [2.05, 4.69) is 29.5 Å². The highest BCUT2D eigenvalue weighted by Crippen LogP contribution is 2.37. The Labute approximate surface area is 105 Å². The van der Waals surface area contributed by atoms with Crippen LogP contribution in [0, 0.1) is 6.92 Å². The standard InChI is InChI=1S/C15H13N3/c1-9-2-3-10-7-13-15(12(10)6-9)17-14-5-4-11(16)8-18(13)14/h2-6,8H,7,16H2,1H3. The molecule has 1 aromatic carbocycles. The van der Waals surface area contributed by atoms with Gasteiger partial charge in [-0.25, -0.2) is 4.98 Å². The molecule has 0 amide bonds. The van der Waals surface area contributed by atoms with E-state index >= 15 is 0 Å². The molecular formula is C15H13N3. The summed E-state index contributed by atoms with van der Waals surface area (Å²) in [4.78, 5) is 4.72. The second-order valence-electron chi connectivity index (χ2n) is 4.94. The number of nitrogen functional groups attached to an aromatic ring is 1. The Balaban J connectivity index is 2.06. The molecule has 3 nitrogen and oxygen atoms in total. The van der Waals surface area contributed by atoms with E-state index in [0.29, 0.717) is 0 Å². The normalized spacial score (nSPS) is 12.7. The largest absolute Gasteiger partial charge is 0.398 e. The van der Waals surface area contributed by atoms with Crippen LogP contribution < -0.4 is 5.73 Å². The first-order valence-corrected chi connectivity index (χ1v) is 6.09. The Morgan fingerprint density at radius 2 is 2.11 bits per heavy atom. The number of aromatic nitrogens is 2. The third kappa shape index (κ3) is 1.16. The van der Waals surface area contributed by atoms with Gasteiger partial charge in [-0.15, -0.1) is 0 Å². The fraction of sp³-hybridized carbons (Fsp3) is 0.133. The highest BCUT2D eigenvalue weighted by molar-refractivity contribution is 5.76. The van der Waals surface area contributed by atoms with Crippen LogP contribution in [0.3, 0.4) is 0 Å². The summed E-state index contributed by atoms with van der Waals surface area (Å²) < 4.78 is 2.11. The van der Waals surface area contributed by atoms with Crippen LogP contribution in [-0.4, -0.2) is 9.38 Å². The van der Waals surface area contributed by atoms with E-state index in [9.17, 15) is 0 Å². The lowest BCUT2D eigenvalue weighted by Gasteiger charge is -2.01. The molecule has 0 radical (unpaired) electrons. The number of hydrogen-bond acceptors (Lipinski definition) is 2. The summed E-state index contributed by atoms with van der Waals surface area (Å²) in [7, 11) is 0. The monoisotopic (exact) mass is 235 g/mol. The van der Waals surface area contributed by atoms with Crippen molar-refractivity contribution in [2.45, 2.75) is 13.3 Å². The number of rotatable bonds is 0. The molecule has 0 spiro atoms. The van der Waals surface area contributed by atoms with Crippen molar-refractivity contribution in [3.8, 4) is 11.3 Å². The molecule has 4 rings (SSSR count). The van der Waals surface area contributed by atoms with Gasteiger partial charge in [0, 0.05) is 23.9 Å². The molecule has 0 fully saturated rings. The third-order valence-electron chi connectivity index (χ3n) is 3.62. The lowest BCUT2D eigenvalue weighted by Crippen LogP contribution is -1.94. The molecule has 0 saturated carbocycles. The molecule has 0 aliphatic heterocycles. The Kier molecular flexibility index (Phi) is 1.69. The Morgan fingerprint density at radius 3 is 3.00 bits per heavy atom.